The van der Waals surface area contributed by atoms with Crippen molar-refractivity contribution in [1.82, 2.24) is 19.9 Å². The summed E-state index contributed by atoms with van der Waals surface area (Å²) < 4.78 is 0. The van der Waals surface area contributed by atoms with Crippen molar-refractivity contribution in [1.29, 1.82) is 0 Å². The molecule has 2 fully saturated rings. The highest BCUT2D eigenvalue weighted by atomic mass is 16.2. The predicted octanol–water partition coefficient (Wildman–Crippen LogP) is 4.75. The van der Waals surface area contributed by atoms with E-state index >= 15 is 0 Å². The van der Waals surface area contributed by atoms with Crippen molar-refractivity contribution in [2.24, 2.45) is 5.41 Å². The van der Waals surface area contributed by atoms with E-state index in [0.29, 0.717) is 5.92 Å². The van der Waals surface area contributed by atoms with Crippen molar-refractivity contribution in [2.45, 2.75) is 46.0 Å². The van der Waals surface area contributed by atoms with Gasteiger partial charge in [0.05, 0.1) is 16.8 Å². The monoisotopic (exact) mass is 386 g/mol. The second kappa shape index (κ2) is 6.61. The number of likely N-dealkylation sites (tertiary alicyclic amines) is 1. The zero-order chi connectivity index (χ0) is 20.2. The minimum Gasteiger partial charge on any atom is -0.338 e. The Labute approximate surface area is 171 Å². The van der Waals surface area contributed by atoms with Crippen LogP contribution >= 0.6 is 0 Å². The number of benzene rings is 1. The lowest BCUT2D eigenvalue weighted by atomic mass is 9.93. The van der Waals surface area contributed by atoms with Gasteiger partial charge in [-0.25, -0.2) is 15.0 Å². The Kier molecular flexibility index (Phi) is 4.16. The normalized spacial score (nSPS) is 18.4. The van der Waals surface area contributed by atoms with Crippen LogP contribution in [0.4, 0.5) is 0 Å². The smallest absolute Gasteiger partial charge is 0.254 e. The third-order valence-corrected chi connectivity index (χ3v) is 6.15. The maximum absolute atomic E-state index is 13.5. The van der Waals surface area contributed by atoms with Gasteiger partial charge >= 0.3 is 0 Å². The van der Waals surface area contributed by atoms with E-state index in [2.05, 4.69) is 23.8 Å². The van der Waals surface area contributed by atoms with Gasteiger partial charge in [-0.2, -0.15) is 0 Å². The minimum absolute atomic E-state index is 0.0883. The van der Waals surface area contributed by atoms with E-state index < -0.39 is 0 Å². The molecule has 0 unspecified atom stereocenters. The van der Waals surface area contributed by atoms with Crippen LogP contribution in [0.1, 0.15) is 60.8 Å². The summed E-state index contributed by atoms with van der Waals surface area (Å²) in [5.74, 6) is 1.53. The quantitative estimate of drug-likeness (QED) is 0.652. The van der Waals surface area contributed by atoms with E-state index in [4.69, 9.17) is 4.98 Å². The Hall–Kier alpha value is -2.82. The Morgan fingerprint density at radius 2 is 1.93 bits per heavy atom. The Balaban J connectivity index is 1.60. The molecular formula is C24H26N4O. The largest absolute Gasteiger partial charge is 0.338 e. The molecule has 29 heavy (non-hydrogen) atoms. The highest BCUT2D eigenvalue weighted by Gasteiger charge is 2.33. The number of hydrogen-bond donors (Lipinski definition) is 0. The Bertz CT molecular complexity index is 1100. The number of pyridine rings is 1. The molecule has 5 heteroatoms. The standard InChI is InChI=1S/C24H26N4O/c1-15-5-4-6-18-19(23(29)28-10-9-24(2,3)14-28)11-20(27-21(15)18)17-12-25-22(26-13-17)16-7-8-16/h4-6,11-13,16H,7-10,14H2,1-3H3. The number of nitrogens with zero attached hydrogens (tertiary/aromatic N) is 4. The molecule has 1 aromatic carbocycles. The summed E-state index contributed by atoms with van der Waals surface area (Å²) in [4.78, 5) is 29.4. The first-order chi connectivity index (χ1) is 13.9. The van der Waals surface area contributed by atoms with Crippen molar-refractivity contribution < 1.29 is 4.79 Å². The van der Waals surface area contributed by atoms with E-state index in [9.17, 15) is 4.79 Å². The van der Waals surface area contributed by atoms with Crippen LogP contribution < -0.4 is 0 Å². The molecule has 1 aliphatic carbocycles. The molecule has 0 atom stereocenters. The van der Waals surface area contributed by atoms with Crippen molar-refractivity contribution in [3.8, 4) is 11.3 Å². The van der Waals surface area contributed by atoms with E-state index in [1.165, 1.54) is 12.8 Å². The average molecular weight is 386 g/mol. The van der Waals surface area contributed by atoms with Gasteiger partial charge in [-0.3, -0.25) is 4.79 Å². The molecule has 0 bridgehead atoms. The summed E-state index contributed by atoms with van der Waals surface area (Å²) in [6.07, 6.45) is 7.08. The third-order valence-electron chi connectivity index (χ3n) is 6.15. The lowest BCUT2D eigenvalue weighted by molar-refractivity contribution is 0.0780. The Morgan fingerprint density at radius 3 is 2.59 bits per heavy atom. The van der Waals surface area contributed by atoms with Crippen LogP contribution in [-0.4, -0.2) is 38.8 Å². The first kappa shape index (κ1) is 18.2. The number of amides is 1. The zero-order valence-electron chi connectivity index (χ0n) is 17.3. The van der Waals surface area contributed by atoms with Gasteiger partial charge in [0, 0.05) is 42.4 Å². The summed E-state index contributed by atoms with van der Waals surface area (Å²) in [6.45, 7) is 8.07. The van der Waals surface area contributed by atoms with E-state index in [1.807, 2.05) is 48.5 Å². The summed E-state index contributed by atoms with van der Waals surface area (Å²) in [5, 5.41) is 0.916. The highest BCUT2D eigenvalue weighted by Crippen LogP contribution is 2.38. The fraction of sp³-hybridized carbons (Fsp3) is 0.417. The van der Waals surface area contributed by atoms with Crippen molar-refractivity contribution >= 4 is 16.8 Å². The lowest BCUT2D eigenvalue weighted by Crippen LogP contribution is -2.30. The molecule has 0 N–H and O–H groups in total. The van der Waals surface area contributed by atoms with Crippen molar-refractivity contribution in [3.63, 3.8) is 0 Å². The number of fused-ring (bicyclic) bond motifs is 1. The molecule has 1 saturated carbocycles. The summed E-state index contributed by atoms with van der Waals surface area (Å²) >= 11 is 0. The molecule has 1 aliphatic heterocycles. The highest BCUT2D eigenvalue weighted by molar-refractivity contribution is 6.07. The topological polar surface area (TPSA) is 59.0 Å². The second-order valence-electron chi connectivity index (χ2n) is 9.27. The van der Waals surface area contributed by atoms with E-state index in [0.717, 1.165) is 58.6 Å². The van der Waals surface area contributed by atoms with Gasteiger partial charge in [0.25, 0.3) is 5.91 Å². The number of aromatic nitrogens is 3. The van der Waals surface area contributed by atoms with Gasteiger partial charge in [0.1, 0.15) is 5.82 Å². The van der Waals surface area contributed by atoms with E-state index in [1.54, 1.807) is 0 Å². The molecule has 3 aromatic rings. The number of aryl methyl sites for hydroxylation is 1. The summed E-state index contributed by atoms with van der Waals surface area (Å²) in [6, 6.07) is 7.96. The molecule has 3 heterocycles. The van der Waals surface area contributed by atoms with Gasteiger partial charge in [0.15, 0.2) is 0 Å². The van der Waals surface area contributed by atoms with Gasteiger partial charge in [-0.1, -0.05) is 32.0 Å². The number of hydrogen-bond acceptors (Lipinski definition) is 4. The lowest BCUT2D eigenvalue weighted by Gasteiger charge is -2.21. The zero-order valence-corrected chi connectivity index (χ0v) is 17.3. The average Bonchev–Trinajstić information content (AvgIpc) is 3.50. The maximum atomic E-state index is 13.5. The first-order valence-corrected chi connectivity index (χ1v) is 10.4. The van der Waals surface area contributed by atoms with Crippen LogP contribution in [-0.2, 0) is 0 Å². The third kappa shape index (κ3) is 3.39. The number of para-hydroxylation sites is 1. The van der Waals surface area contributed by atoms with Crippen LogP contribution in [0.15, 0.2) is 36.7 Å². The molecule has 2 aromatic heterocycles. The molecule has 2 aliphatic rings. The van der Waals surface area contributed by atoms with Crippen LogP contribution in [0.5, 0.6) is 0 Å². The maximum Gasteiger partial charge on any atom is 0.254 e. The van der Waals surface area contributed by atoms with Crippen molar-refractivity contribution in [3.05, 3.63) is 53.6 Å². The second-order valence-corrected chi connectivity index (χ2v) is 9.27. The van der Waals surface area contributed by atoms with Gasteiger partial charge < -0.3 is 4.90 Å². The van der Waals surface area contributed by atoms with Gasteiger partial charge in [-0.15, -0.1) is 0 Å². The molecule has 5 nitrogen and oxygen atoms in total. The molecule has 0 spiro atoms. The molecule has 0 radical (unpaired) electrons. The Morgan fingerprint density at radius 1 is 1.17 bits per heavy atom. The van der Waals surface area contributed by atoms with E-state index in [-0.39, 0.29) is 11.3 Å². The summed E-state index contributed by atoms with van der Waals surface area (Å²) in [7, 11) is 0. The number of rotatable bonds is 3. The minimum atomic E-state index is 0.0883. The van der Waals surface area contributed by atoms with Crippen LogP contribution in [0.3, 0.4) is 0 Å². The summed E-state index contributed by atoms with van der Waals surface area (Å²) in [5.41, 5.74) is 4.45. The fourth-order valence-electron chi connectivity index (χ4n) is 4.20. The van der Waals surface area contributed by atoms with Crippen LogP contribution in [0, 0.1) is 12.3 Å². The van der Waals surface area contributed by atoms with Crippen molar-refractivity contribution in [2.75, 3.05) is 13.1 Å². The fourth-order valence-corrected chi connectivity index (χ4v) is 4.20. The van der Waals surface area contributed by atoms with Gasteiger partial charge in [-0.05, 0) is 43.2 Å². The molecule has 1 saturated heterocycles. The van der Waals surface area contributed by atoms with Gasteiger partial charge in [0.2, 0.25) is 0 Å². The molecular weight excluding hydrogens is 360 g/mol. The molecule has 5 rings (SSSR count). The number of carbonyl (C=O) groups is 1. The molecule has 148 valence electrons. The number of carbonyl (C=O) groups excluding carboxylic acids is 1. The first-order valence-electron chi connectivity index (χ1n) is 10.4. The van der Waals surface area contributed by atoms with Crippen LogP contribution in [0.2, 0.25) is 0 Å². The SMILES string of the molecule is Cc1cccc2c(C(=O)N3CCC(C)(C)C3)cc(-c3cnc(C4CC4)nc3)nc12. The predicted molar refractivity (Wildman–Crippen MR) is 114 cm³/mol. The van der Waals surface area contributed by atoms with Crippen LogP contribution in [0.25, 0.3) is 22.2 Å². The molecule has 1 amide bonds.